The standard InChI is InChI=1S/C5H7F3O2/c6-5(7,8)4(3-9)1-2-10-4/h9H,1-3H2. The van der Waals surface area contributed by atoms with E-state index in [1.807, 2.05) is 0 Å². The maximum absolute atomic E-state index is 11.9. The maximum Gasteiger partial charge on any atom is 0.419 e. The molecule has 1 saturated heterocycles. The first kappa shape index (κ1) is 7.81. The molecule has 0 bridgehead atoms. The molecule has 0 aromatic heterocycles. The van der Waals surface area contributed by atoms with Gasteiger partial charge in [0.2, 0.25) is 0 Å². The molecule has 0 spiro atoms. The second-order valence-electron chi connectivity index (χ2n) is 2.25. The number of aliphatic hydroxyl groups excluding tert-OH is 1. The molecule has 1 aliphatic rings. The molecule has 1 atom stereocenters. The van der Waals surface area contributed by atoms with E-state index in [0.29, 0.717) is 0 Å². The van der Waals surface area contributed by atoms with Crippen molar-refractivity contribution in [2.75, 3.05) is 13.2 Å². The first-order valence-electron chi connectivity index (χ1n) is 2.83. The third-order valence-corrected chi connectivity index (χ3v) is 1.66. The van der Waals surface area contributed by atoms with E-state index in [1.54, 1.807) is 0 Å². The number of ether oxygens (including phenoxy) is 1. The fourth-order valence-electron chi connectivity index (χ4n) is 0.786. The van der Waals surface area contributed by atoms with Gasteiger partial charge in [0.25, 0.3) is 0 Å². The van der Waals surface area contributed by atoms with Crippen molar-refractivity contribution in [2.24, 2.45) is 0 Å². The highest BCUT2D eigenvalue weighted by atomic mass is 19.4. The van der Waals surface area contributed by atoms with Crippen LogP contribution in [0.25, 0.3) is 0 Å². The zero-order chi connectivity index (χ0) is 7.83. The maximum atomic E-state index is 11.9. The van der Waals surface area contributed by atoms with Crippen LogP contribution in [0.3, 0.4) is 0 Å². The van der Waals surface area contributed by atoms with Gasteiger partial charge in [0, 0.05) is 6.42 Å². The zero-order valence-corrected chi connectivity index (χ0v) is 5.11. The number of halogens is 3. The fraction of sp³-hybridized carbons (Fsp3) is 1.00. The van der Waals surface area contributed by atoms with Crippen molar-refractivity contribution in [3.63, 3.8) is 0 Å². The van der Waals surface area contributed by atoms with Gasteiger partial charge in [0.1, 0.15) is 0 Å². The van der Waals surface area contributed by atoms with Crippen molar-refractivity contribution in [1.29, 1.82) is 0 Å². The molecular formula is C5H7F3O2. The summed E-state index contributed by atoms with van der Waals surface area (Å²) < 4.78 is 39.9. The van der Waals surface area contributed by atoms with Crippen LogP contribution in [0, 0.1) is 0 Å². The molecule has 1 rings (SSSR count). The van der Waals surface area contributed by atoms with Gasteiger partial charge in [0.15, 0.2) is 5.60 Å². The van der Waals surface area contributed by atoms with E-state index in [4.69, 9.17) is 5.11 Å². The summed E-state index contributed by atoms with van der Waals surface area (Å²) in [5, 5.41) is 8.33. The summed E-state index contributed by atoms with van der Waals surface area (Å²) in [6.07, 6.45) is -4.56. The highest BCUT2D eigenvalue weighted by Crippen LogP contribution is 2.41. The van der Waals surface area contributed by atoms with Gasteiger partial charge < -0.3 is 9.84 Å². The van der Waals surface area contributed by atoms with Gasteiger partial charge in [-0.2, -0.15) is 13.2 Å². The monoisotopic (exact) mass is 156 g/mol. The van der Waals surface area contributed by atoms with Gasteiger partial charge in [-0.1, -0.05) is 0 Å². The van der Waals surface area contributed by atoms with Crippen molar-refractivity contribution in [1.82, 2.24) is 0 Å². The highest BCUT2D eigenvalue weighted by molar-refractivity contribution is 4.93. The van der Waals surface area contributed by atoms with Crippen LogP contribution in [-0.2, 0) is 4.74 Å². The minimum atomic E-state index is -4.43. The SMILES string of the molecule is OCC1(C(F)(F)F)CCO1. The average Bonchev–Trinajstić information content (AvgIpc) is 1.58. The van der Waals surface area contributed by atoms with Crippen LogP contribution >= 0.6 is 0 Å². The fourth-order valence-corrected chi connectivity index (χ4v) is 0.786. The van der Waals surface area contributed by atoms with Crippen molar-refractivity contribution < 1.29 is 23.0 Å². The Morgan fingerprint density at radius 2 is 2.00 bits per heavy atom. The first-order chi connectivity index (χ1) is 4.52. The molecule has 10 heavy (non-hydrogen) atoms. The zero-order valence-electron chi connectivity index (χ0n) is 5.11. The Balaban J connectivity index is 2.65. The normalized spacial score (nSPS) is 33.6. The molecule has 1 fully saturated rings. The van der Waals surface area contributed by atoms with Crippen LogP contribution in [0.2, 0.25) is 0 Å². The number of rotatable bonds is 1. The smallest absolute Gasteiger partial charge is 0.393 e. The number of hydrogen-bond acceptors (Lipinski definition) is 2. The van der Waals surface area contributed by atoms with Gasteiger partial charge in [-0.05, 0) is 0 Å². The summed E-state index contributed by atoms with van der Waals surface area (Å²) >= 11 is 0. The average molecular weight is 156 g/mol. The van der Waals surface area contributed by atoms with Gasteiger partial charge in [-0.3, -0.25) is 0 Å². The Morgan fingerprint density at radius 3 is 2.00 bits per heavy atom. The molecule has 1 N–H and O–H groups in total. The molecule has 1 unspecified atom stereocenters. The van der Waals surface area contributed by atoms with Crippen LogP contribution < -0.4 is 0 Å². The Bertz CT molecular complexity index is 122. The predicted molar refractivity (Wildman–Crippen MR) is 26.4 cm³/mol. The number of alkyl halides is 3. The van der Waals surface area contributed by atoms with E-state index in [2.05, 4.69) is 4.74 Å². The molecule has 0 aromatic rings. The summed E-state index contributed by atoms with van der Waals surface area (Å²) in [5.41, 5.74) is -2.24. The number of hydrogen-bond donors (Lipinski definition) is 1. The lowest BCUT2D eigenvalue weighted by Crippen LogP contribution is -2.58. The lowest BCUT2D eigenvalue weighted by atomic mass is 9.95. The molecule has 0 amide bonds. The van der Waals surface area contributed by atoms with E-state index in [-0.39, 0.29) is 13.0 Å². The molecule has 0 aromatic carbocycles. The minimum absolute atomic E-state index is 0.0834. The molecular weight excluding hydrogens is 149 g/mol. The Kier molecular flexibility index (Phi) is 1.64. The van der Waals surface area contributed by atoms with Gasteiger partial charge in [-0.15, -0.1) is 0 Å². The quantitative estimate of drug-likeness (QED) is 0.605. The predicted octanol–water partition coefficient (Wildman–Crippen LogP) is 0.700. The van der Waals surface area contributed by atoms with Crippen molar-refractivity contribution in [3.8, 4) is 0 Å². The molecule has 0 aliphatic carbocycles. The first-order valence-corrected chi connectivity index (χ1v) is 2.83. The van der Waals surface area contributed by atoms with E-state index in [9.17, 15) is 13.2 Å². The summed E-state index contributed by atoms with van der Waals surface area (Å²) in [5.74, 6) is 0. The molecule has 5 heteroatoms. The molecule has 60 valence electrons. The number of aliphatic hydroxyl groups is 1. The highest BCUT2D eigenvalue weighted by Gasteiger charge is 2.59. The summed E-state index contributed by atoms with van der Waals surface area (Å²) in [6.45, 7) is -0.892. The van der Waals surface area contributed by atoms with E-state index >= 15 is 0 Å². The lowest BCUT2D eigenvalue weighted by Gasteiger charge is -2.41. The van der Waals surface area contributed by atoms with E-state index < -0.39 is 18.4 Å². The van der Waals surface area contributed by atoms with Gasteiger partial charge in [0.05, 0.1) is 13.2 Å². The van der Waals surface area contributed by atoms with Crippen LogP contribution in [0.5, 0.6) is 0 Å². The van der Waals surface area contributed by atoms with Crippen LogP contribution in [-0.4, -0.2) is 30.1 Å². The second kappa shape index (κ2) is 2.10. The summed E-state index contributed by atoms with van der Waals surface area (Å²) in [4.78, 5) is 0. The molecule has 1 heterocycles. The van der Waals surface area contributed by atoms with Crippen LogP contribution in [0.1, 0.15) is 6.42 Å². The van der Waals surface area contributed by atoms with Crippen LogP contribution in [0.4, 0.5) is 13.2 Å². The Labute approximate surface area is 55.6 Å². The van der Waals surface area contributed by atoms with Crippen LogP contribution in [0.15, 0.2) is 0 Å². The van der Waals surface area contributed by atoms with Gasteiger partial charge >= 0.3 is 6.18 Å². The van der Waals surface area contributed by atoms with Gasteiger partial charge in [-0.25, -0.2) is 0 Å². The van der Waals surface area contributed by atoms with E-state index in [0.717, 1.165) is 0 Å². The van der Waals surface area contributed by atoms with Crippen molar-refractivity contribution >= 4 is 0 Å². The third kappa shape index (κ3) is 0.894. The second-order valence-corrected chi connectivity index (χ2v) is 2.25. The minimum Gasteiger partial charge on any atom is -0.393 e. The summed E-state index contributed by atoms with van der Waals surface area (Å²) in [7, 11) is 0. The largest absolute Gasteiger partial charge is 0.419 e. The molecule has 0 radical (unpaired) electrons. The van der Waals surface area contributed by atoms with Crippen molar-refractivity contribution in [2.45, 2.75) is 18.2 Å². The molecule has 2 nitrogen and oxygen atoms in total. The lowest BCUT2D eigenvalue weighted by molar-refractivity contribution is -0.334. The summed E-state index contributed by atoms with van der Waals surface area (Å²) in [6, 6.07) is 0. The molecule has 1 aliphatic heterocycles. The third-order valence-electron chi connectivity index (χ3n) is 1.66. The van der Waals surface area contributed by atoms with Crippen molar-refractivity contribution in [3.05, 3.63) is 0 Å². The van der Waals surface area contributed by atoms with E-state index in [1.165, 1.54) is 0 Å². The topological polar surface area (TPSA) is 29.5 Å². The Hall–Kier alpha value is -0.290. The Morgan fingerprint density at radius 1 is 1.50 bits per heavy atom. The molecule has 0 saturated carbocycles.